The number of piperidine rings is 1. The van der Waals surface area contributed by atoms with Crippen molar-refractivity contribution in [3.05, 3.63) is 23.5 Å². The van der Waals surface area contributed by atoms with Crippen LogP contribution in [-0.2, 0) is 18.0 Å². The van der Waals surface area contributed by atoms with Crippen LogP contribution in [0.3, 0.4) is 0 Å². The highest BCUT2D eigenvalue weighted by atomic mass is 19.4. The van der Waals surface area contributed by atoms with Gasteiger partial charge in [0.1, 0.15) is 11.2 Å². The number of carbonyl (C=O) groups is 1. The number of nitrogens with zero attached hydrogens (tertiary/aromatic N) is 3. The SMILES string of the molecule is Cn1cc([C@@H]2CCN(C(=O)OC(C)(C)C)C(C)(C)C2)c2c(C(F)(F)F)c(N)cnc21. The molecule has 1 saturated heterocycles. The van der Waals surface area contributed by atoms with E-state index in [1.807, 2.05) is 13.8 Å². The molecule has 0 radical (unpaired) electrons. The standard InChI is InChI=1S/C21H29F3N4O2/c1-19(2,3)30-18(29)28-8-7-12(9-20(28,4)5)13-11-27(6)17-15(13)16(21(22,23)24)14(25)10-26-17/h10-12H,7-9,25H2,1-6H3/t12-/m1/s1. The van der Waals surface area contributed by atoms with Crippen LogP contribution in [0.2, 0.25) is 0 Å². The van der Waals surface area contributed by atoms with E-state index in [0.29, 0.717) is 24.9 Å². The lowest BCUT2D eigenvalue weighted by Gasteiger charge is -2.45. The van der Waals surface area contributed by atoms with Gasteiger partial charge >= 0.3 is 12.3 Å². The molecule has 3 rings (SSSR count). The number of halogens is 3. The van der Waals surface area contributed by atoms with Gasteiger partial charge in [-0.2, -0.15) is 13.2 Å². The van der Waals surface area contributed by atoms with E-state index in [2.05, 4.69) is 4.98 Å². The van der Waals surface area contributed by atoms with Crippen molar-refractivity contribution in [1.82, 2.24) is 14.5 Å². The molecule has 3 heterocycles. The van der Waals surface area contributed by atoms with Crippen molar-refractivity contribution < 1.29 is 22.7 Å². The van der Waals surface area contributed by atoms with Gasteiger partial charge in [-0.3, -0.25) is 0 Å². The summed E-state index contributed by atoms with van der Waals surface area (Å²) < 4.78 is 48.6. The molecule has 30 heavy (non-hydrogen) atoms. The lowest BCUT2D eigenvalue weighted by Crippen LogP contribution is -2.53. The number of likely N-dealkylation sites (tertiary alicyclic amines) is 1. The number of hydrogen-bond acceptors (Lipinski definition) is 4. The van der Waals surface area contributed by atoms with Crippen molar-refractivity contribution in [2.24, 2.45) is 7.05 Å². The fourth-order valence-electron chi connectivity index (χ4n) is 4.33. The molecule has 0 aromatic carbocycles. The maximum absolute atomic E-state index is 13.8. The predicted octanol–water partition coefficient (Wildman–Crippen LogP) is 5.07. The van der Waals surface area contributed by atoms with Crippen molar-refractivity contribution >= 4 is 22.8 Å². The van der Waals surface area contributed by atoms with Gasteiger partial charge in [0.2, 0.25) is 0 Å². The Bertz CT molecular complexity index is 973. The topological polar surface area (TPSA) is 73.4 Å². The third kappa shape index (κ3) is 4.06. The molecule has 166 valence electrons. The van der Waals surface area contributed by atoms with Gasteiger partial charge in [0, 0.05) is 30.7 Å². The minimum absolute atomic E-state index is 0.0523. The average Bonchev–Trinajstić information content (AvgIpc) is 2.87. The number of aromatic nitrogens is 2. The highest BCUT2D eigenvalue weighted by Gasteiger charge is 2.43. The summed E-state index contributed by atoms with van der Waals surface area (Å²) in [5, 5.41) is 0.0523. The van der Waals surface area contributed by atoms with Crippen molar-refractivity contribution in [2.45, 2.75) is 70.7 Å². The van der Waals surface area contributed by atoms with E-state index in [1.165, 1.54) is 0 Å². The van der Waals surface area contributed by atoms with E-state index in [-0.39, 0.29) is 22.6 Å². The summed E-state index contributed by atoms with van der Waals surface area (Å²) >= 11 is 0. The number of carbonyl (C=O) groups excluding carboxylic acids is 1. The molecule has 0 aliphatic carbocycles. The highest BCUT2D eigenvalue weighted by molar-refractivity contribution is 5.89. The van der Waals surface area contributed by atoms with Crippen LogP contribution in [0.5, 0.6) is 0 Å². The number of fused-ring (bicyclic) bond motifs is 1. The van der Waals surface area contributed by atoms with Gasteiger partial charge in [0.15, 0.2) is 0 Å². The van der Waals surface area contributed by atoms with E-state index in [9.17, 15) is 18.0 Å². The first-order valence-electron chi connectivity index (χ1n) is 9.93. The Balaban J connectivity index is 2.01. The number of alkyl halides is 3. The Morgan fingerprint density at radius 2 is 1.93 bits per heavy atom. The summed E-state index contributed by atoms with van der Waals surface area (Å²) in [4.78, 5) is 18.5. The molecule has 6 nitrogen and oxygen atoms in total. The summed E-state index contributed by atoms with van der Waals surface area (Å²) in [7, 11) is 1.68. The number of hydrogen-bond donors (Lipinski definition) is 1. The zero-order valence-corrected chi connectivity index (χ0v) is 18.2. The van der Waals surface area contributed by atoms with Crippen molar-refractivity contribution in [1.29, 1.82) is 0 Å². The summed E-state index contributed by atoms with van der Waals surface area (Å²) in [6.45, 7) is 9.61. The number of rotatable bonds is 1. The molecule has 2 N–H and O–H groups in total. The van der Waals surface area contributed by atoms with Crippen LogP contribution in [0, 0.1) is 0 Å². The molecule has 1 amide bonds. The van der Waals surface area contributed by atoms with Crippen LogP contribution in [0.1, 0.15) is 64.5 Å². The molecular weight excluding hydrogens is 397 g/mol. The molecule has 0 spiro atoms. The Hall–Kier alpha value is -2.45. The van der Waals surface area contributed by atoms with Gasteiger partial charge in [-0.1, -0.05) is 0 Å². The minimum atomic E-state index is -4.59. The molecule has 0 unspecified atom stereocenters. The molecule has 1 aliphatic rings. The maximum atomic E-state index is 13.8. The van der Waals surface area contributed by atoms with Crippen molar-refractivity contribution in [3.8, 4) is 0 Å². The third-order valence-corrected chi connectivity index (χ3v) is 5.56. The van der Waals surface area contributed by atoms with Crippen LogP contribution in [-0.4, -0.2) is 38.2 Å². The van der Waals surface area contributed by atoms with Gasteiger partial charge in [0.05, 0.1) is 17.4 Å². The summed E-state index contributed by atoms with van der Waals surface area (Å²) in [5.74, 6) is -0.174. The first-order chi connectivity index (χ1) is 13.6. The molecule has 2 aromatic rings. The summed E-state index contributed by atoms with van der Waals surface area (Å²) in [6, 6.07) is 0. The Morgan fingerprint density at radius 3 is 2.47 bits per heavy atom. The lowest BCUT2D eigenvalue weighted by molar-refractivity contribution is -0.135. The quantitative estimate of drug-likeness (QED) is 0.691. The van der Waals surface area contributed by atoms with Crippen LogP contribution in [0.15, 0.2) is 12.4 Å². The van der Waals surface area contributed by atoms with E-state index >= 15 is 0 Å². The Morgan fingerprint density at radius 1 is 1.30 bits per heavy atom. The maximum Gasteiger partial charge on any atom is 0.419 e. The third-order valence-electron chi connectivity index (χ3n) is 5.56. The smallest absolute Gasteiger partial charge is 0.419 e. The monoisotopic (exact) mass is 426 g/mol. The van der Waals surface area contributed by atoms with E-state index in [4.69, 9.17) is 10.5 Å². The minimum Gasteiger partial charge on any atom is -0.444 e. The number of aryl methyl sites for hydroxylation is 1. The number of nitrogens with two attached hydrogens (primary N) is 1. The molecule has 1 fully saturated rings. The molecule has 2 aromatic heterocycles. The molecule has 1 atom stereocenters. The lowest BCUT2D eigenvalue weighted by atomic mass is 9.79. The highest BCUT2D eigenvalue weighted by Crippen LogP contribution is 2.45. The predicted molar refractivity (Wildman–Crippen MR) is 109 cm³/mol. The molecule has 0 bridgehead atoms. The van der Waals surface area contributed by atoms with Crippen LogP contribution in [0.25, 0.3) is 11.0 Å². The largest absolute Gasteiger partial charge is 0.444 e. The zero-order valence-electron chi connectivity index (χ0n) is 18.2. The van der Waals surface area contributed by atoms with Gasteiger partial charge in [0.25, 0.3) is 0 Å². The fourth-order valence-corrected chi connectivity index (χ4v) is 4.33. The fraction of sp³-hybridized carbons (Fsp3) is 0.619. The van der Waals surface area contributed by atoms with E-state index < -0.39 is 29.0 Å². The average molecular weight is 426 g/mol. The Labute approximate surface area is 174 Å². The zero-order chi connectivity index (χ0) is 22.6. The van der Waals surface area contributed by atoms with Gasteiger partial charge < -0.3 is 19.9 Å². The molecule has 9 heteroatoms. The van der Waals surface area contributed by atoms with Crippen LogP contribution in [0.4, 0.5) is 23.7 Å². The van der Waals surface area contributed by atoms with Crippen LogP contribution >= 0.6 is 0 Å². The molecule has 0 saturated carbocycles. The van der Waals surface area contributed by atoms with Crippen LogP contribution < -0.4 is 5.73 Å². The molecular formula is C21H29F3N4O2. The number of anilines is 1. The normalized spacial score (nSPS) is 19.9. The number of pyridine rings is 1. The van der Waals surface area contributed by atoms with Crippen molar-refractivity contribution in [2.75, 3.05) is 12.3 Å². The van der Waals surface area contributed by atoms with E-state index in [1.54, 1.807) is 43.5 Å². The van der Waals surface area contributed by atoms with Crippen molar-refractivity contribution in [3.63, 3.8) is 0 Å². The summed E-state index contributed by atoms with van der Waals surface area (Å²) in [6.07, 6.45) is -1.22. The number of nitrogen functional groups attached to an aromatic ring is 1. The van der Waals surface area contributed by atoms with Gasteiger partial charge in [-0.05, 0) is 58.9 Å². The second-order valence-corrected chi connectivity index (χ2v) is 9.61. The molecule has 1 aliphatic heterocycles. The summed E-state index contributed by atoms with van der Waals surface area (Å²) in [5.41, 5.74) is 4.08. The number of amides is 1. The van der Waals surface area contributed by atoms with Gasteiger partial charge in [-0.25, -0.2) is 9.78 Å². The number of ether oxygens (including phenoxy) is 1. The van der Waals surface area contributed by atoms with E-state index in [0.717, 1.165) is 6.20 Å². The van der Waals surface area contributed by atoms with Gasteiger partial charge in [-0.15, -0.1) is 0 Å². The Kier molecular flexibility index (Phi) is 5.23. The second-order valence-electron chi connectivity index (χ2n) is 9.61. The first-order valence-corrected chi connectivity index (χ1v) is 9.93. The second kappa shape index (κ2) is 7.06. The first kappa shape index (κ1) is 22.2.